The zero-order valence-electron chi connectivity index (χ0n) is 9.24. The van der Waals surface area contributed by atoms with E-state index in [1.165, 1.54) is 6.07 Å². The van der Waals surface area contributed by atoms with E-state index >= 15 is 0 Å². The Kier molecular flexibility index (Phi) is 2.81. The molecule has 1 aliphatic carbocycles. The Morgan fingerprint density at radius 1 is 1.44 bits per heavy atom. The molecule has 7 heteroatoms. The van der Waals surface area contributed by atoms with Gasteiger partial charge in [-0.2, -0.15) is 13.2 Å². The van der Waals surface area contributed by atoms with E-state index in [-0.39, 0.29) is 0 Å². The van der Waals surface area contributed by atoms with Gasteiger partial charge in [-0.3, -0.25) is 9.78 Å². The molecule has 18 heavy (non-hydrogen) atoms. The predicted octanol–water partition coefficient (Wildman–Crippen LogP) is 1.54. The van der Waals surface area contributed by atoms with Crippen molar-refractivity contribution in [1.29, 1.82) is 0 Å². The Morgan fingerprint density at radius 2 is 2.06 bits per heavy atom. The zero-order valence-corrected chi connectivity index (χ0v) is 9.24. The number of carboxylic acid groups (broad SMARTS) is 1. The van der Waals surface area contributed by atoms with E-state index in [2.05, 4.69) is 4.98 Å². The summed E-state index contributed by atoms with van der Waals surface area (Å²) in [5.74, 6) is -1.17. The second-order valence-corrected chi connectivity index (χ2v) is 4.40. The number of halogens is 3. The Hall–Kier alpha value is -1.63. The highest BCUT2D eigenvalue weighted by atomic mass is 19.4. The molecule has 1 unspecified atom stereocenters. The number of carbonyl (C=O) groups is 1. The Balaban J connectivity index is 2.28. The number of pyridine rings is 1. The lowest BCUT2D eigenvalue weighted by molar-refractivity contribution is -0.140. The number of alkyl halides is 3. The molecule has 0 aliphatic heterocycles. The molecule has 3 N–H and O–H groups in total. The van der Waals surface area contributed by atoms with Crippen molar-refractivity contribution in [2.24, 2.45) is 5.73 Å². The van der Waals surface area contributed by atoms with Gasteiger partial charge in [-0.25, -0.2) is 0 Å². The van der Waals surface area contributed by atoms with Gasteiger partial charge in [0.2, 0.25) is 0 Å². The summed E-state index contributed by atoms with van der Waals surface area (Å²) >= 11 is 0. The molecule has 0 saturated heterocycles. The lowest BCUT2D eigenvalue weighted by Gasteiger charge is -2.19. The van der Waals surface area contributed by atoms with Gasteiger partial charge < -0.3 is 10.8 Å². The molecular formula is C11H11F3N2O2. The van der Waals surface area contributed by atoms with Crippen molar-refractivity contribution in [1.82, 2.24) is 4.98 Å². The summed E-state index contributed by atoms with van der Waals surface area (Å²) in [4.78, 5) is 14.6. The second kappa shape index (κ2) is 3.94. The van der Waals surface area contributed by atoms with E-state index in [0.29, 0.717) is 24.7 Å². The molecule has 1 fully saturated rings. The first kappa shape index (κ1) is 12.8. The van der Waals surface area contributed by atoms with Gasteiger partial charge in [-0.05, 0) is 25.0 Å². The highest BCUT2D eigenvalue weighted by Crippen LogP contribution is 2.49. The van der Waals surface area contributed by atoms with E-state index in [0.717, 1.165) is 6.07 Å². The molecule has 1 aromatic rings. The van der Waals surface area contributed by atoms with Crippen molar-refractivity contribution >= 4 is 5.97 Å². The Labute approximate surface area is 101 Å². The average Bonchev–Trinajstić information content (AvgIpc) is 3.08. The third-order valence-electron chi connectivity index (χ3n) is 3.25. The van der Waals surface area contributed by atoms with Crippen LogP contribution < -0.4 is 5.73 Å². The van der Waals surface area contributed by atoms with Gasteiger partial charge in [0.1, 0.15) is 6.04 Å². The van der Waals surface area contributed by atoms with Crippen LogP contribution in [0.1, 0.15) is 24.1 Å². The minimum absolute atomic E-state index is 0.311. The third kappa shape index (κ3) is 2.05. The molecule has 98 valence electrons. The van der Waals surface area contributed by atoms with Crippen LogP contribution in [0.5, 0.6) is 0 Å². The standard InChI is InChI=1S/C11H11F3N2O2/c12-11(13,14)6-1-2-7(16-5-6)10(3-4-10)8(15)9(17)18/h1-2,5,8H,3-4,15H2,(H,17,18). The quantitative estimate of drug-likeness (QED) is 0.864. The highest BCUT2D eigenvalue weighted by Gasteiger charge is 2.53. The summed E-state index contributed by atoms with van der Waals surface area (Å²) < 4.78 is 37.1. The van der Waals surface area contributed by atoms with E-state index in [4.69, 9.17) is 10.8 Å². The van der Waals surface area contributed by atoms with Crippen molar-refractivity contribution in [3.63, 3.8) is 0 Å². The first-order valence-electron chi connectivity index (χ1n) is 5.29. The monoisotopic (exact) mass is 260 g/mol. The molecule has 0 spiro atoms. The van der Waals surface area contributed by atoms with E-state index in [9.17, 15) is 18.0 Å². The second-order valence-electron chi connectivity index (χ2n) is 4.40. The van der Waals surface area contributed by atoms with Crippen LogP contribution in [0.4, 0.5) is 13.2 Å². The van der Waals surface area contributed by atoms with Crippen LogP contribution in [-0.4, -0.2) is 22.1 Å². The SMILES string of the molecule is NC(C(=O)O)C1(c2ccc(C(F)(F)F)cn2)CC1. The minimum atomic E-state index is -4.45. The summed E-state index contributed by atoms with van der Waals surface area (Å²) in [6, 6.07) is 0.969. The molecule has 0 radical (unpaired) electrons. The molecule has 4 nitrogen and oxygen atoms in total. The van der Waals surface area contributed by atoms with Crippen molar-refractivity contribution < 1.29 is 23.1 Å². The fraction of sp³-hybridized carbons (Fsp3) is 0.455. The number of aromatic nitrogens is 1. The summed E-state index contributed by atoms with van der Waals surface area (Å²) in [5, 5.41) is 8.87. The largest absolute Gasteiger partial charge is 0.480 e. The van der Waals surface area contributed by atoms with Crippen LogP contribution in [0.25, 0.3) is 0 Å². The molecule has 1 saturated carbocycles. The van der Waals surface area contributed by atoms with Gasteiger partial charge in [0.25, 0.3) is 0 Å². The maximum atomic E-state index is 12.4. The fourth-order valence-electron chi connectivity index (χ4n) is 1.95. The summed E-state index contributed by atoms with van der Waals surface area (Å²) in [5.41, 5.74) is 4.20. The molecule has 0 bridgehead atoms. The zero-order chi connectivity index (χ0) is 13.6. The van der Waals surface area contributed by atoms with Crippen LogP contribution in [0.15, 0.2) is 18.3 Å². The minimum Gasteiger partial charge on any atom is -0.480 e. The molecular weight excluding hydrogens is 249 g/mol. The van der Waals surface area contributed by atoms with Gasteiger partial charge in [0.05, 0.1) is 5.56 Å². The lowest BCUT2D eigenvalue weighted by Crippen LogP contribution is -2.42. The molecule has 0 amide bonds. The molecule has 1 atom stereocenters. The van der Waals surface area contributed by atoms with Crippen molar-refractivity contribution in [3.05, 3.63) is 29.6 Å². The number of nitrogens with zero attached hydrogens (tertiary/aromatic N) is 1. The maximum Gasteiger partial charge on any atom is 0.417 e. The summed E-state index contributed by atoms with van der Waals surface area (Å²) in [7, 11) is 0. The van der Waals surface area contributed by atoms with Crippen LogP contribution in [0.2, 0.25) is 0 Å². The lowest BCUT2D eigenvalue weighted by atomic mass is 9.92. The first-order valence-corrected chi connectivity index (χ1v) is 5.29. The number of hydrogen-bond acceptors (Lipinski definition) is 3. The number of carboxylic acids is 1. The van der Waals surface area contributed by atoms with Gasteiger partial charge in [-0.15, -0.1) is 0 Å². The van der Waals surface area contributed by atoms with E-state index in [1.807, 2.05) is 0 Å². The van der Waals surface area contributed by atoms with Gasteiger partial charge in [-0.1, -0.05) is 0 Å². The Morgan fingerprint density at radius 3 is 2.39 bits per heavy atom. The molecule has 1 aliphatic rings. The summed E-state index contributed by atoms with van der Waals surface area (Å²) in [6.45, 7) is 0. The smallest absolute Gasteiger partial charge is 0.417 e. The number of rotatable bonds is 3. The van der Waals surface area contributed by atoms with E-state index < -0.39 is 29.2 Å². The van der Waals surface area contributed by atoms with Crippen LogP contribution in [0.3, 0.4) is 0 Å². The highest BCUT2D eigenvalue weighted by molar-refractivity contribution is 5.76. The predicted molar refractivity (Wildman–Crippen MR) is 55.8 cm³/mol. The van der Waals surface area contributed by atoms with Crippen molar-refractivity contribution in [2.75, 3.05) is 0 Å². The van der Waals surface area contributed by atoms with Crippen molar-refractivity contribution in [3.8, 4) is 0 Å². The topological polar surface area (TPSA) is 76.2 Å². The van der Waals surface area contributed by atoms with Gasteiger partial charge in [0, 0.05) is 17.3 Å². The molecule has 1 heterocycles. The van der Waals surface area contributed by atoms with Gasteiger partial charge >= 0.3 is 12.1 Å². The van der Waals surface area contributed by atoms with Crippen molar-refractivity contribution in [2.45, 2.75) is 30.5 Å². The number of nitrogens with two attached hydrogens (primary N) is 1. The number of hydrogen-bond donors (Lipinski definition) is 2. The average molecular weight is 260 g/mol. The van der Waals surface area contributed by atoms with Gasteiger partial charge in [0.15, 0.2) is 0 Å². The molecule has 0 aromatic carbocycles. The Bertz CT molecular complexity index is 466. The maximum absolute atomic E-state index is 12.4. The normalized spacial score (nSPS) is 19.3. The van der Waals surface area contributed by atoms with Crippen LogP contribution in [0, 0.1) is 0 Å². The summed E-state index contributed by atoms with van der Waals surface area (Å²) in [6.07, 6.45) is -2.68. The molecule has 2 rings (SSSR count). The first-order chi connectivity index (χ1) is 8.27. The van der Waals surface area contributed by atoms with Crippen LogP contribution >= 0.6 is 0 Å². The fourth-order valence-corrected chi connectivity index (χ4v) is 1.95. The van der Waals surface area contributed by atoms with Crippen LogP contribution in [-0.2, 0) is 16.4 Å². The van der Waals surface area contributed by atoms with E-state index in [1.54, 1.807) is 0 Å². The molecule has 1 aromatic heterocycles. The third-order valence-corrected chi connectivity index (χ3v) is 3.25. The number of aliphatic carboxylic acids is 1.